The SMILES string of the molecule is CC(C)Oc1cc2nc(C3CCC(CN4CCC(c5cccc6c5n(C)c(=O)n6C5CCC(=O)NC5=O)CC4)CC3)cn2cc1NC(=O)c1cccc(C(F)(F)F)n1. The van der Waals surface area contributed by atoms with Gasteiger partial charge in [-0.25, -0.2) is 14.8 Å². The molecule has 1 unspecified atom stereocenters. The fourth-order valence-corrected chi connectivity index (χ4v) is 9.04. The van der Waals surface area contributed by atoms with Crippen LogP contribution < -0.4 is 21.1 Å². The fraction of sp³-hybridized carbons (Fsp3) is 0.476. The Bertz CT molecular complexity index is 2440. The van der Waals surface area contributed by atoms with Gasteiger partial charge in [-0.2, -0.15) is 13.2 Å². The summed E-state index contributed by atoms with van der Waals surface area (Å²) in [5.41, 5.74) is 2.86. The highest BCUT2D eigenvalue weighted by molar-refractivity contribution is 6.04. The lowest BCUT2D eigenvalue weighted by Crippen LogP contribution is -2.44. The quantitative estimate of drug-likeness (QED) is 0.159. The Hall–Kier alpha value is -5.51. The first-order chi connectivity index (χ1) is 27.7. The number of imide groups is 1. The number of anilines is 1. The molecule has 16 heteroatoms. The summed E-state index contributed by atoms with van der Waals surface area (Å²) >= 11 is 0. The van der Waals surface area contributed by atoms with Crippen molar-refractivity contribution in [1.82, 2.24) is 33.7 Å². The molecular weight excluding hydrogens is 754 g/mol. The van der Waals surface area contributed by atoms with Crippen LogP contribution in [-0.4, -0.2) is 71.9 Å². The van der Waals surface area contributed by atoms with Crippen molar-refractivity contribution in [3.05, 3.63) is 88.0 Å². The fourth-order valence-electron chi connectivity index (χ4n) is 9.04. The molecule has 1 atom stereocenters. The Labute approximate surface area is 332 Å². The molecule has 3 amide bonds. The van der Waals surface area contributed by atoms with E-state index in [1.54, 1.807) is 28.4 Å². The highest BCUT2D eigenvalue weighted by Crippen LogP contribution is 2.39. The average molecular weight is 801 g/mol. The largest absolute Gasteiger partial charge is 0.489 e. The zero-order valence-corrected chi connectivity index (χ0v) is 32.7. The van der Waals surface area contributed by atoms with Crippen molar-refractivity contribution < 1.29 is 32.3 Å². The molecule has 2 aliphatic heterocycles. The Kier molecular flexibility index (Phi) is 10.6. The molecule has 0 bridgehead atoms. The topological polar surface area (TPSA) is 145 Å². The lowest BCUT2D eigenvalue weighted by molar-refractivity contribution is -0.141. The van der Waals surface area contributed by atoms with Crippen molar-refractivity contribution >= 4 is 40.1 Å². The third-order valence-electron chi connectivity index (χ3n) is 11.9. The average Bonchev–Trinajstić information content (AvgIpc) is 3.72. The van der Waals surface area contributed by atoms with Crippen LogP contribution in [0.1, 0.15) is 111 Å². The van der Waals surface area contributed by atoms with Gasteiger partial charge < -0.3 is 19.4 Å². The molecule has 3 aliphatic rings. The molecule has 13 nitrogen and oxygen atoms in total. The van der Waals surface area contributed by atoms with Crippen LogP contribution in [-0.2, 0) is 22.8 Å². The van der Waals surface area contributed by atoms with Crippen LogP contribution in [0, 0.1) is 5.92 Å². The van der Waals surface area contributed by atoms with Gasteiger partial charge in [0, 0.05) is 44.4 Å². The van der Waals surface area contributed by atoms with Crippen molar-refractivity contribution in [1.29, 1.82) is 0 Å². The highest BCUT2D eigenvalue weighted by Gasteiger charge is 2.35. The first kappa shape index (κ1) is 39.3. The number of rotatable bonds is 9. The molecule has 0 spiro atoms. The lowest BCUT2D eigenvalue weighted by atomic mass is 9.80. The standard InChI is InChI=1S/C42H47F3N8O5/c1-24(2)58-34-20-36-47-30(22-52(36)23-31(34)48-39(55)29-7-5-9-35(46-29)42(43,44)45)27-12-10-25(11-13-27)21-51-18-16-26(17-19-51)28-6-4-8-32-38(28)50(3)41(57)53(32)33-14-15-37(54)49-40(33)56/h4-9,20,22-27,33H,10-19,21H2,1-3H3,(H,48,55)(H,49,54,56). The van der Waals surface area contributed by atoms with Crippen molar-refractivity contribution in [3.63, 3.8) is 0 Å². The lowest BCUT2D eigenvalue weighted by Gasteiger charge is -2.36. The van der Waals surface area contributed by atoms with Crippen molar-refractivity contribution in [3.8, 4) is 5.75 Å². The van der Waals surface area contributed by atoms with Gasteiger partial charge in [-0.3, -0.25) is 28.8 Å². The Morgan fingerprint density at radius 1 is 0.948 bits per heavy atom. The van der Waals surface area contributed by atoms with Crippen LogP contribution in [0.4, 0.5) is 18.9 Å². The normalized spacial score (nSPS) is 21.2. The smallest absolute Gasteiger partial charge is 0.433 e. The number of pyridine rings is 2. The number of likely N-dealkylation sites (tertiary alicyclic amines) is 1. The summed E-state index contributed by atoms with van der Waals surface area (Å²) in [6, 6.07) is 10.2. The van der Waals surface area contributed by atoms with Crippen LogP contribution in [0.3, 0.4) is 0 Å². The highest BCUT2D eigenvalue weighted by atomic mass is 19.4. The number of aryl methyl sites for hydroxylation is 1. The van der Waals surface area contributed by atoms with Crippen molar-refractivity contribution in [2.45, 2.75) is 95.4 Å². The van der Waals surface area contributed by atoms with Crippen LogP contribution in [0.2, 0.25) is 0 Å². The van der Waals surface area contributed by atoms with Gasteiger partial charge in [-0.15, -0.1) is 0 Å². The number of para-hydroxylation sites is 1. The van der Waals surface area contributed by atoms with Crippen molar-refractivity contribution in [2.75, 3.05) is 25.0 Å². The number of fused-ring (bicyclic) bond motifs is 2. The second-order valence-corrected chi connectivity index (χ2v) is 16.2. The van der Waals surface area contributed by atoms with E-state index in [-0.39, 0.29) is 41.7 Å². The van der Waals surface area contributed by atoms with Gasteiger partial charge in [0.2, 0.25) is 11.8 Å². The summed E-state index contributed by atoms with van der Waals surface area (Å²) < 4.78 is 50.8. The van der Waals surface area contributed by atoms with Gasteiger partial charge >= 0.3 is 11.9 Å². The number of ether oxygens (including phenoxy) is 1. The zero-order chi connectivity index (χ0) is 40.9. The van der Waals surface area contributed by atoms with E-state index in [1.807, 2.05) is 36.6 Å². The molecule has 0 radical (unpaired) electrons. The third kappa shape index (κ3) is 7.85. The Morgan fingerprint density at radius 2 is 1.69 bits per heavy atom. The Balaban J connectivity index is 0.892. The molecule has 8 rings (SSSR count). The molecule has 6 heterocycles. The molecule has 5 aromatic rings. The van der Waals surface area contributed by atoms with E-state index in [2.05, 4.69) is 26.6 Å². The van der Waals surface area contributed by atoms with Crippen molar-refractivity contribution in [2.24, 2.45) is 13.0 Å². The monoisotopic (exact) mass is 800 g/mol. The number of hydrogen-bond donors (Lipinski definition) is 2. The molecule has 2 saturated heterocycles. The summed E-state index contributed by atoms with van der Waals surface area (Å²) in [7, 11) is 1.76. The molecule has 1 aromatic carbocycles. The predicted octanol–water partition coefficient (Wildman–Crippen LogP) is 6.57. The van der Waals surface area contributed by atoms with Crippen LogP contribution in [0.5, 0.6) is 5.75 Å². The molecule has 58 heavy (non-hydrogen) atoms. The molecule has 3 fully saturated rings. The van der Waals surface area contributed by atoms with Gasteiger partial charge in [0.25, 0.3) is 5.91 Å². The molecular formula is C42H47F3N8O5. The van der Waals surface area contributed by atoms with Gasteiger partial charge in [-0.1, -0.05) is 18.2 Å². The van der Waals surface area contributed by atoms with E-state index in [0.29, 0.717) is 29.4 Å². The van der Waals surface area contributed by atoms with E-state index >= 15 is 0 Å². The zero-order valence-electron chi connectivity index (χ0n) is 32.7. The van der Waals surface area contributed by atoms with Gasteiger partial charge in [-0.05, 0) is 107 Å². The first-order valence-corrected chi connectivity index (χ1v) is 20.0. The number of amides is 3. The van der Waals surface area contributed by atoms with E-state index < -0.39 is 29.7 Å². The van der Waals surface area contributed by atoms with Gasteiger partial charge in [0.15, 0.2) is 0 Å². The summed E-state index contributed by atoms with van der Waals surface area (Å²) in [5.74, 6) is -0.0507. The summed E-state index contributed by atoms with van der Waals surface area (Å²) in [4.78, 5) is 62.0. The maximum absolute atomic E-state index is 13.5. The van der Waals surface area contributed by atoms with E-state index in [9.17, 15) is 32.3 Å². The minimum Gasteiger partial charge on any atom is -0.489 e. The Morgan fingerprint density at radius 3 is 2.40 bits per heavy atom. The molecule has 1 aliphatic carbocycles. The summed E-state index contributed by atoms with van der Waals surface area (Å²) in [6.07, 6.45) is 5.29. The molecule has 2 N–H and O–H groups in total. The second kappa shape index (κ2) is 15.7. The minimum absolute atomic E-state index is 0.204. The van der Waals surface area contributed by atoms with E-state index in [4.69, 9.17) is 9.72 Å². The molecule has 306 valence electrons. The minimum atomic E-state index is -4.68. The number of carbonyl (C=O) groups excluding carboxylic acids is 3. The molecule has 4 aromatic heterocycles. The number of piperidine rings is 2. The predicted molar refractivity (Wildman–Crippen MR) is 210 cm³/mol. The number of halogens is 3. The van der Waals surface area contributed by atoms with Crippen LogP contribution in [0.25, 0.3) is 16.7 Å². The van der Waals surface area contributed by atoms with E-state index in [1.165, 1.54) is 6.07 Å². The maximum atomic E-state index is 13.5. The molecule has 1 saturated carbocycles. The summed E-state index contributed by atoms with van der Waals surface area (Å²) in [5, 5.41) is 5.08. The van der Waals surface area contributed by atoms with Gasteiger partial charge in [0.1, 0.15) is 34.5 Å². The number of alkyl halides is 3. The number of hydrogen-bond acceptors (Lipinski definition) is 8. The number of benzene rings is 1. The first-order valence-electron chi connectivity index (χ1n) is 20.0. The van der Waals surface area contributed by atoms with E-state index in [0.717, 1.165) is 92.6 Å². The summed E-state index contributed by atoms with van der Waals surface area (Å²) in [6.45, 7) is 6.63. The third-order valence-corrected chi connectivity index (χ3v) is 11.9. The number of aromatic nitrogens is 5. The van der Waals surface area contributed by atoms with Crippen LogP contribution in [0.15, 0.2) is 59.7 Å². The maximum Gasteiger partial charge on any atom is 0.433 e. The number of imidazole rings is 2. The van der Waals surface area contributed by atoms with Gasteiger partial charge in [0.05, 0.1) is 22.8 Å². The number of nitrogens with one attached hydrogen (secondary N) is 2. The second-order valence-electron chi connectivity index (χ2n) is 16.2. The van der Waals surface area contributed by atoms with Crippen LogP contribution >= 0.6 is 0 Å². The number of carbonyl (C=O) groups is 3. The number of nitrogens with zero attached hydrogens (tertiary/aromatic N) is 6.